The lowest BCUT2D eigenvalue weighted by molar-refractivity contribution is -0.140. The molecule has 0 aromatic heterocycles. The highest BCUT2D eigenvalue weighted by atomic mass is 79.9. The van der Waals surface area contributed by atoms with Gasteiger partial charge in [0.25, 0.3) is 0 Å². The Bertz CT molecular complexity index is 673. The van der Waals surface area contributed by atoms with Crippen LogP contribution in [0.25, 0.3) is 0 Å². The molecular weight excluding hydrogens is 374 g/mol. The molecule has 0 aliphatic heterocycles. The van der Waals surface area contributed by atoms with Crippen molar-refractivity contribution in [1.82, 2.24) is 0 Å². The van der Waals surface area contributed by atoms with Crippen molar-refractivity contribution in [2.75, 3.05) is 0 Å². The lowest BCUT2D eigenvalue weighted by atomic mass is 9.98. The van der Waals surface area contributed by atoms with Gasteiger partial charge in [0.05, 0.1) is 11.6 Å². The molecule has 0 fully saturated rings. The van der Waals surface area contributed by atoms with E-state index in [4.69, 9.17) is 17.3 Å². The molecule has 0 bridgehead atoms. The Morgan fingerprint density at radius 2 is 1.76 bits per heavy atom. The predicted octanol–water partition coefficient (Wildman–Crippen LogP) is 5.31. The number of rotatable bonds is 2. The van der Waals surface area contributed by atoms with E-state index in [1.807, 2.05) is 0 Å². The number of hydrogen-bond acceptors (Lipinski definition) is 1. The molecule has 2 aromatic carbocycles. The van der Waals surface area contributed by atoms with Crippen molar-refractivity contribution in [2.24, 2.45) is 5.73 Å². The first-order chi connectivity index (χ1) is 9.70. The van der Waals surface area contributed by atoms with E-state index in [0.717, 1.165) is 16.6 Å². The van der Waals surface area contributed by atoms with Gasteiger partial charge in [0, 0.05) is 9.50 Å². The van der Waals surface area contributed by atoms with Gasteiger partial charge < -0.3 is 5.73 Å². The molecule has 0 spiro atoms. The van der Waals surface area contributed by atoms with Gasteiger partial charge in [-0.05, 0) is 35.4 Å². The first-order valence-corrected chi connectivity index (χ1v) is 6.94. The minimum atomic E-state index is -4.73. The number of hydrogen-bond donors (Lipinski definition) is 1. The third kappa shape index (κ3) is 3.56. The molecule has 1 atom stereocenters. The molecule has 0 saturated heterocycles. The fraction of sp³-hybridized carbons (Fsp3) is 0.143. The smallest absolute Gasteiger partial charge is 0.320 e. The molecule has 0 amide bonds. The first kappa shape index (κ1) is 16.3. The predicted molar refractivity (Wildman–Crippen MR) is 76.6 cm³/mol. The van der Waals surface area contributed by atoms with E-state index in [0.29, 0.717) is 16.7 Å². The summed E-state index contributed by atoms with van der Waals surface area (Å²) in [7, 11) is 0. The summed E-state index contributed by atoms with van der Waals surface area (Å²) in [5.41, 5.74) is 5.34. The number of nitrogens with two attached hydrogens (primary N) is 1. The number of benzene rings is 2. The van der Waals surface area contributed by atoms with Crippen LogP contribution in [0.2, 0.25) is 5.02 Å². The second-order valence-corrected chi connectivity index (χ2v) is 5.70. The summed E-state index contributed by atoms with van der Waals surface area (Å²) in [6, 6.07) is 6.73. The Morgan fingerprint density at radius 1 is 1.10 bits per heavy atom. The van der Waals surface area contributed by atoms with Crippen molar-refractivity contribution in [3.8, 4) is 0 Å². The molecule has 2 rings (SSSR count). The summed E-state index contributed by atoms with van der Waals surface area (Å²) in [4.78, 5) is 0. The van der Waals surface area contributed by atoms with Gasteiger partial charge in [-0.1, -0.05) is 39.7 Å². The van der Waals surface area contributed by atoms with Gasteiger partial charge in [-0.25, -0.2) is 4.39 Å². The van der Waals surface area contributed by atoms with E-state index >= 15 is 0 Å². The van der Waals surface area contributed by atoms with Crippen LogP contribution in [0.15, 0.2) is 40.9 Å². The van der Waals surface area contributed by atoms with Gasteiger partial charge in [0.15, 0.2) is 0 Å². The largest absolute Gasteiger partial charge is 0.419 e. The van der Waals surface area contributed by atoms with Gasteiger partial charge in [-0.15, -0.1) is 0 Å². The van der Waals surface area contributed by atoms with Crippen LogP contribution in [0.5, 0.6) is 0 Å². The van der Waals surface area contributed by atoms with Crippen LogP contribution in [-0.4, -0.2) is 0 Å². The fourth-order valence-electron chi connectivity index (χ4n) is 1.89. The first-order valence-electron chi connectivity index (χ1n) is 5.77. The van der Waals surface area contributed by atoms with Crippen molar-refractivity contribution in [3.05, 3.63) is 68.4 Å². The zero-order valence-corrected chi connectivity index (χ0v) is 12.7. The van der Waals surface area contributed by atoms with Crippen LogP contribution in [0.1, 0.15) is 22.7 Å². The highest BCUT2D eigenvalue weighted by Gasteiger charge is 2.34. The summed E-state index contributed by atoms with van der Waals surface area (Å²) in [6.45, 7) is 0. The molecule has 0 aliphatic carbocycles. The minimum absolute atomic E-state index is 0.213. The molecule has 2 N–H and O–H groups in total. The van der Waals surface area contributed by atoms with E-state index in [-0.39, 0.29) is 5.56 Å². The van der Waals surface area contributed by atoms with Crippen LogP contribution >= 0.6 is 27.5 Å². The van der Waals surface area contributed by atoms with Gasteiger partial charge >= 0.3 is 6.18 Å². The van der Waals surface area contributed by atoms with Crippen molar-refractivity contribution in [2.45, 2.75) is 12.2 Å². The van der Waals surface area contributed by atoms with Gasteiger partial charge in [-0.2, -0.15) is 13.2 Å². The second kappa shape index (κ2) is 5.94. The number of alkyl halides is 3. The molecular formula is C14H9BrClF4N. The lowest BCUT2D eigenvalue weighted by Crippen LogP contribution is -2.14. The maximum Gasteiger partial charge on any atom is 0.419 e. The molecule has 0 aliphatic rings. The molecule has 0 radical (unpaired) electrons. The summed E-state index contributed by atoms with van der Waals surface area (Å²) >= 11 is 9.27. The zero-order valence-electron chi connectivity index (χ0n) is 10.4. The summed E-state index contributed by atoms with van der Waals surface area (Å²) in [6.07, 6.45) is -4.73. The summed E-state index contributed by atoms with van der Waals surface area (Å²) < 4.78 is 51.9. The monoisotopic (exact) mass is 381 g/mol. The quantitative estimate of drug-likeness (QED) is 0.700. The maximum atomic E-state index is 13.6. The lowest BCUT2D eigenvalue weighted by Gasteiger charge is -2.16. The molecule has 2 aromatic rings. The van der Waals surface area contributed by atoms with E-state index in [1.165, 1.54) is 0 Å². The van der Waals surface area contributed by atoms with Crippen LogP contribution in [0.3, 0.4) is 0 Å². The molecule has 0 saturated carbocycles. The van der Waals surface area contributed by atoms with Gasteiger partial charge in [0.1, 0.15) is 5.82 Å². The van der Waals surface area contributed by atoms with E-state index in [1.54, 1.807) is 18.2 Å². The molecule has 112 valence electrons. The Kier molecular flexibility index (Phi) is 4.60. The highest BCUT2D eigenvalue weighted by molar-refractivity contribution is 9.10. The average Bonchev–Trinajstić information content (AvgIpc) is 2.36. The Hall–Kier alpha value is -1.11. The third-order valence-corrected chi connectivity index (χ3v) is 3.78. The van der Waals surface area contributed by atoms with E-state index in [2.05, 4.69) is 15.9 Å². The van der Waals surface area contributed by atoms with Crippen LogP contribution in [0, 0.1) is 5.82 Å². The van der Waals surface area contributed by atoms with Crippen molar-refractivity contribution in [1.29, 1.82) is 0 Å². The van der Waals surface area contributed by atoms with Crippen LogP contribution < -0.4 is 5.73 Å². The van der Waals surface area contributed by atoms with Gasteiger partial charge in [-0.3, -0.25) is 0 Å². The SMILES string of the molecule is NC(c1ccc(C(F)(F)F)c(F)c1)c1ccc(Br)cc1Cl. The highest BCUT2D eigenvalue weighted by Crippen LogP contribution is 2.34. The molecule has 0 heterocycles. The molecule has 21 heavy (non-hydrogen) atoms. The molecule has 1 nitrogen and oxygen atoms in total. The van der Waals surface area contributed by atoms with Crippen molar-refractivity contribution in [3.63, 3.8) is 0 Å². The zero-order chi connectivity index (χ0) is 15.8. The third-order valence-electron chi connectivity index (χ3n) is 2.96. The molecule has 1 unspecified atom stereocenters. The summed E-state index contributed by atoms with van der Waals surface area (Å²) in [5.74, 6) is -1.36. The standard InChI is InChI=1S/C14H9BrClF4N/c15-8-2-3-9(11(16)6-8)13(21)7-1-4-10(12(17)5-7)14(18,19)20/h1-6,13H,21H2. The van der Waals surface area contributed by atoms with E-state index in [9.17, 15) is 17.6 Å². The minimum Gasteiger partial charge on any atom is -0.320 e. The summed E-state index contributed by atoms with van der Waals surface area (Å²) in [5, 5.41) is 0.345. The fourth-order valence-corrected chi connectivity index (χ4v) is 2.68. The Morgan fingerprint density at radius 3 is 2.29 bits per heavy atom. The Labute approximate surface area is 131 Å². The van der Waals surface area contributed by atoms with Crippen LogP contribution in [-0.2, 0) is 6.18 Å². The average molecular weight is 383 g/mol. The second-order valence-electron chi connectivity index (χ2n) is 4.38. The van der Waals surface area contributed by atoms with Crippen molar-refractivity contribution >= 4 is 27.5 Å². The molecule has 7 heteroatoms. The normalized spacial score (nSPS) is 13.3. The number of halogens is 6. The maximum absolute atomic E-state index is 13.6. The van der Waals surface area contributed by atoms with Crippen LogP contribution in [0.4, 0.5) is 17.6 Å². The van der Waals surface area contributed by atoms with Crippen molar-refractivity contribution < 1.29 is 17.6 Å². The van der Waals surface area contributed by atoms with Gasteiger partial charge in [0.2, 0.25) is 0 Å². The van der Waals surface area contributed by atoms with E-state index < -0.39 is 23.6 Å². The topological polar surface area (TPSA) is 26.0 Å². The Balaban J connectivity index is 2.40.